The number of aromatic nitrogens is 1. The van der Waals surface area contributed by atoms with E-state index in [9.17, 15) is 4.79 Å². The highest BCUT2D eigenvalue weighted by Gasteiger charge is 2.18. The van der Waals surface area contributed by atoms with E-state index in [1.165, 1.54) is 6.42 Å². The molecule has 15 heavy (non-hydrogen) atoms. The van der Waals surface area contributed by atoms with Crippen LogP contribution in [-0.2, 0) is 12.8 Å². The molecule has 0 aliphatic heterocycles. The highest BCUT2D eigenvalue weighted by atomic mass is 16.1. The summed E-state index contributed by atoms with van der Waals surface area (Å²) in [4.78, 5) is 14.2. The van der Waals surface area contributed by atoms with Crippen molar-refractivity contribution in [2.45, 2.75) is 32.6 Å². The van der Waals surface area contributed by atoms with E-state index in [1.54, 1.807) is 6.07 Å². The van der Waals surface area contributed by atoms with Crippen LogP contribution < -0.4 is 5.56 Å². The first kappa shape index (κ1) is 9.97. The zero-order valence-electron chi connectivity index (χ0n) is 8.84. The van der Waals surface area contributed by atoms with Crippen LogP contribution in [0.2, 0.25) is 0 Å². The van der Waals surface area contributed by atoms with Gasteiger partial charge in [-0.3, -0.25) is 4.79 Å². The van der Waals surface area contributed by atoms with E-state index in [0.717, 1.165) is 30.5 Å². The quantitative estimate of drug-likeness (QED) is 0.754. The average molecular weight is 202 g/mol. The number of nitrogens with one attached hydrogen (secondary N) is 1. The summed E-state index contributed by atoms with van der Waals surface area (Å²) in [5, 5.41) is 8.77. The Balaban J connectivity index is 2.43. The van der Waals surface area contributed by atoms with Crippen molar-refractivity contribution >= 4 is 0 Å². The van der Waals surface area contributed by atoms with Gasteiger partial charge in [0.1, 0.15) is 11.6 Å². The Labute approximate surface area is 88.8 Å². The first-order valence-electron chi connectivity index (χ1n) is 5.39. The number of pyridine rings is 1. The molecular weight excluding hydrogens is 188 g/mol. The molecule has 3 heteroatoms. The fourth-order valence-electron chi connectivity index (χ4n) is 2.21. The van der Waals surface area contributed by atoms with E-state index in [1.807, 2.05) is 6.07 Å². The molecule has 1 aliphatic rings. The Bertz CT molecular complexity index is 467. The number of fused-ring (bicyclic) bond motifs is 1. The Morgan fingerprint density at radius 2 is 2.47 bits per heavy atom. The molecule has 0 spiro atoms. The summed E-state index contributed by atoms with van der Waals surface area (Å²) in [6, 6.07) is 3.69. The molecule has 1 aliphatic carbocycles. The number of nitriles is 1. The number of H-pyrrole nitrogens is 1. The summed E-state index contributed by atoms with van der Waals surface area (Å²) >= 11 is 0. The molecule has 0 saturated carbocycles. The standard InChI is InChI=1S/C12H14N2O/c1-2-8-3-4-11-9(5-8)6-10(7-13)12(15)14-11/h6,8H,2-5H2,1H3,(H,14,15)/t8-/m0/s1. The predicted octanol–water partition coefficient (Wildman–Crippen LogP) is 1.76. The third-order valence-corrected chi connectivity index (χ3v) is 3.22. The highest BCUT2D eigenvalue weighted by Crippen LogP contribution is 2.25. The van der Waals surface area contributed by atoms with Crippen molar-refractivity contribution in [3.05, 3.63) is 33.2 Å². The topological polar surface area (TPSA) is 56.6 Å². The van der Waals surface area contributed by atoms with Gasteiger partial charge < -0.3 is 4.98 Å². The molecule has 0 fully saturated rings. The van der Waals surface area contributed by atoms with E-state index in [0.29, 0.717) is 5.92 Å². The minimum atomic E-state index is -0.244. The van der Waals surface area contributed by atoms with Gasteiger partial charge in [0.05, 0.1) is 0 Å². The molecular formula is C12H14N2O. The predicted molar refractivity (Wildman–Crippen MR) is 57.6 cm³/mol. The molecule has 1 N–H and O–H groups in total. The molecule has 1 heterocycles. The number of hydrogen-bond donors (Lipinski definition) is 1. The Morgan fingerprint density at radius 1 is 1.67 bits per heavy atom. The molecule has 1 aromatic heterocycles. The smallest absolute Gasteiger partial charge is 0.266 e. The summed E-state index contributed by atoms with van der Waals surface area (Å²) in [5.74, 6) is 0.704. The second-order valence-electron chi connectivity index (χ2n) is 4.14. The van der Waals surface area contributed by atoms with Gasteiger partial charge in [0.2, 0.25) is 0 Å². The maximum atomic E-state index is 11.4. The SMILES string of the molecule is CC[C@H]1CCc2[nH]c(=O)c(C#N)cc2C1. The van der Waals surface area contributed by atoms with Gasteiger partial charge in [-0.15, -0.1) is 0 Å². The van der Waals surface area contributed by atoms with Crippen molar-refractivity contribution in [3.8, 4) is 6.07 Å². The molecule has 0 amide bonds. The van der Waals surface area contributed by atoms with Crippen molar-refractivity contribution in [1.82, 2.24) is 4.98 Å². The van der Waals surface area contributed by atoms with Crippen LogP contribution in [0.15, 0.2) is 10.9 Å². The second kappa shape index (κ2) is 3.90. The minimum Gasteiger partial charge on any atom is -0.325 e. The van der Waals surface area contributed by atoms with Crippen molar-refractivity contribution in [2.75, 3.05) is 0 Å². The summed E-state index contributed by atoms with van der Waals surface area (Å²) < 4.78 is 0. The highest BCUT2D eigenvalue weighted by molar-refractivity contribution is 5.34. The Hall–Kier alpha value is -1.56. The first-order chi connectivity index (χ1) is 7.24. The normalized spacial score (nSPS) is 19.3. The van der Waals surface area contributed by atoms with Crippen LogP contribution >= 0.6 is 0 Å². The fourth-order valence-corrected chi connectivity index (χ4v) is 2.21. The Morgan fingerprint density at radius 3 is 3.13 bits per heavy atom. The van der Waals surface area contributed by atoms with Gasteiger partial charge in [0.25, 0.3) is 5.56 Å². The van der Waals surface area contributed by atoms with Crippen molar-refractivity contribution in [2.24, 2.45) is 5.92 Å². The van der Waals surface area contributed by atoms with E-state index < -0.39 is 0 Å². The lowest BCUT2D eigenvalue weighted by atomic mass is 9.85. The lowest BCUT2D eigenvalue weighted by Crippen LogP contribution is -2.21. The summed E-state index contributed by atoms with van der Waals surface area (Å²) in [5.41, 5.74) is 2.18. The van der Waals surface area contributed by atoms with E-state index in [-0.39, 0.29) is 11.1 Å². The largest absolute Gasteiger partial charge is 0.325 e. The van der Waals surface area contributed by atoms with Crippen LogP contribution in [0.5, 0.6) is 0 Å². The van der Waals surface area contributed by atoms with Crippen LogP contribution in [0, 0.1) is 17.2 Å². The number of aryl methyl sites for hydroxylation is 1. The zero-order valence-corrected chi connectivity index (χ0v) is 8.84. The number of nitrogens with zero attached hydrogens (tertiary/aromatic N) is 1. The van der Waals surface area contributed by atoms with Crippen LogP contribution in [0.1, 0.15) is 36.6 Å². The van der Waals surface area contributed by atoms with Crippen molar-refractivity contribution in [1.29, 1.82) is 5.26 Å². The first-order valence-corrected chi connectivity index (χ1v) is 5.39. The van der Waals surface area contributed by atoms with E-state index >= 15 is 0 Å². The van der Waals surface area contributed by atoms with Gasteiger partial charge >= 0.3 is 0 Å². The third-order valence-electron chi connectivity index (χ3n) is 3.22. The van der Waals surface area contributed by atoms with Gasteiger partial charge in [-0.1, -0.05) is 13.3 Å². The molecule has 0 bridgehead atoms. The molecule has 78 valence electrons. The van der Waals surface area contributed by atoms with Gasteiger partial charge in [-0.2, -0.15) is 5.26 Å². The van der Waals surface area contributed by atoms with Crippen LogP contribution in [-0.4, -0.2) is 4.98 Å². The Kier molecular flexibility index (Phi) is 2.59. The molecule has 0 saturated heterocycles. The van der Waals surface area contributed by atoms with Gasteiger partial charge in [0, 0.05) is 5.69 Å². The van der Waals surface area contributed by atoms with Gasteiger partial charge in [-0.25, -0.2) is 0 Å². The lowest BCUT2D eigenvalue weighted by Gasteiger charge is -2.22. The third kappa shape index (κ3) is 1.80. The molecule has 0 radical (unpaired) electrons. The van der Waals surface area contributed by atoms with E-state index in [4.69, 9.17) is 5.26 Å². The number of rotatable bonds is 1. The van der Waals surface area contributed by atoms with Crippen LogP contribution in [0.3, 0.4) is 0 Å². The zero-order chi connectivity index (χ0) is 10.8. The lowest BCUT2D eigenvalue weighted by molar-refractivity contribution is 0.439. The maximum Gasteiger partial charge on any atom is 0.266 e. The van der Waals surface area contributed by atoms with Crippen molar-refractivity contribution in [3.63, 3.8) is 0 Å². The molecule has 0 aromatic carbocycles. The minimum absolute atomic E-state index is 0.241. The molecule has 3 nitrogen and oxygen atoms in total. The molecule has 1 atom stereocenters. The maximum absolute atomic E-state index is 11.4. The fraction of sp³-hybridized carbons (Fsp3) is 0.500. The van der Waals surface area contributed by atoms with Gasteiger partial charge in [0.15, 0.2) is 0 Å². The average Bonchev–Trinajstić information content (AvgIpc) is 2.27. The van der Waals surface area contributed by atoms with Gasteiger partial charge in [-0.05, 0) is 36.8 Å². The second-order valence-corrected chi connectivity index (χ2v) is 4.14. The monoisotopic (exact) mass is 202 g/mol. The summed E-state index contributed by atoms with van der Waals surface area (Å²) in [6.07, 6.45) is 4.25. The number of aromatic amines is 1. The molecule has 2 rings (SSSR count). The molecule has 1 aromatic rings. The van der Waals surface area contributed by atoms with Crippen LogP contribution in [0.4, 0.5) is 0 Å². The number of hydrogen-bond acceptors (Lipinski definition) is 2. The summed E-state index contributed by atoms with van der Waals surface area (Å²) in [6.45, 7) is 2.19. The van der Waals surface area contributed by atoms with E-state index in [2.05, 4.69) is 11.9 Å². The summed E-state index contributed by atoms with van der Waals surface area (Å²) in [7, 11) is 0. The molecule has 0 unspecified atom stereocenters. The van der Waals surface area contributed by atoms with Crippen molar-refractivity contribution < 1.29 is 0 Å². The van der Waals surface area contributed by atoms with Crippen LogP contribution in [0.25, 0.3) is 0 Å².